The van der Waals surface area contributed by atoms with Crippen molar-refractivity contribution in [2.75, 3.05) is 0 Å². The highest BCUT2D eigenvalue weighted by molar-refractivity contribution is 5.89. The van der Waals surface area contributed by atoms with E-state index in [1.54, 1.807) is 6.92 Å². The van der Waals surface area contributed by atoms with E-state index in [0.717, 1.165) is 29.6 Å². The van der Waals surface area contributed by atoms with Crippen LogP contribution in [0.3, 0.4) is 0 Å². The second kappa shape index (κ2) is 4.35. The van der Waals surface area contributed by atoms with Crippen LogP contribution in [-0.4, -0.2) is 11.1 Å². The summed E-state index contributed by atoms with van der Waals surface area (Å²) in [6.07, 6.45) is 13.7. The van der Waals surface area contributed by atoms with E-state index in [1.165, 1.54) is 0 Å². The molecular formula is C14H14O2. The van der Waals surface area contributed by atoms with Crippen LogP contribution in [0, 0.1) is 0 Å². The lowest BCUT2D eigenvalue weighted by molar-refractivity contribution is -0.132. The SMILES string of the molecule is CC(C(=O)O)=C(C1=CC=CC1)C1=CC=CC1. The summed E-state index contributed by atoms with van der Waals surface area (Å²) in [5.41, 5.74) is 3.55. The van der Waals surface area contributed by atoms with Crippen molar-refractivity contribution in [1.82, 2.24) is 0 Å². The molecule has 0 amide bonds. The number of carboxylic acid groups (broad SMARTS) is 1. The fourth-order valence-corrected chi connectivity index (χ4v) is 2.06. The summed E-state index contributed by atoms with van der Waals surface area (Å²) in [7, 11) is 0. The van der Waals surface area contributed by atoms with Gasteiger partial charge in [0.2, 0.25) is 0 Å². The van der Waals surface area contributed by atoms with Crippen molar-refractivity contribution in [3.63, 3.8) is 0 Å². The molecule has 0 saturated heterocycles. The average molecular weight is 214 g/mol. The van der Waals surface area contributed by atoms with Gasteiger partial charge in [0, 0.05) is 5.57 Å². The van der Waals surface area contributed by atoms with E-state index >= 15 is 0 Å². The third kappa shape index (κ3) is 1.91. The van der Waals surface area contributed by atoms with E-state index in [-0.39, 0.29) is 0 Å². The first-order chi connectivity index (χ1) is 7.70. The van der Waals surface area contributed by atoms with Crippen molar-refractivity contribution in [2.45, 2.75) is 19.8 Å². The van der Waals surface area contributed by atoms with Crippen molar-refractivity contribution in [1.29, 1.82) is 0 Å². The fraction of sp³-hybridized carbons (Fsp3) is 0.214. The molecule has 0 fully saturated rings. The van der Waals surface area contributed by atoms with Gasteiger partial charge in [0.05, 0.1) is 0 Å². The topological polar surface area (TPSA) is 37.3 Å². The molecule has 1 N–H and O–H groups in total. The van der Waals surface area contributed by atoms with E-state index in [9.17, 15) is 4.79 Å². The van der Waals surface area contributed by atoms with Gasteiger partial charge >= 0.3 is 5.97 Å². The van der Waals surface area contributed by atoms with E-state index in [1.807, 2.05) is 36.5 Å². The number of carboxylic acids is 1. The highest BCUT2D eigenvalue weighted by Crippen LogP contribution is 2.32. The molecule has 2 aliphatic rings. The summed E-state index contributed by atoms with van der Waals surface area (Å²) in [5, 5.41) is 9.12. The normalized spacial score (nSPS) is 17.3. The summed E-state index contributed by atoms with van der Waals surface area (Å²) in [6.45, 7) is 1.68. The van der Waals surface area contributed by atoms with Gasteiger partial charge in [0.1, 0.15) is 0 Å². The monoisotopic (exact) mass is 214 g/mol. The van der Waals surface area contributed by atoms with Crippen molar-refractivity contribution >= 4 is 5.97 Å². The van der Waals surface area contributed by atoms with Crippen molar-refractivity contribution in [2.24, 2.45) is 0 Å². The quantitative estimate of drug-likeness (QED) is 0.733. The summed E-state index contributed by atoms with van der Waals surface area (Å²) < 4.78 is 0. The van der Waals surface area contributed by atoms with Gasteiger partial charge in [0.15, 0.2) is 0 Å². The van der Waals surface area contributed by atoms with Crippen LogP contribution < -0.4 is 0 Å². The minimum Gasteiger partial charge on any atom is -0.478 e. The zero-order valence-corrected chi connectivity index (χ0v) is 9.23. The second-order valence-electron chi connectivity index (χ2n) is 3.95. The molecule has 0 spiro atoms. The zero-order valence-electron chi connectivity index (χ0n) is 9.23. The average Bonchev–Trinajstić information content (AvgIpc) is 2.89. The van der Waals surface area contributed by atoms with Crippen LogP contribution >= 0.6 is 0 Å². The Morgan fingerprint density at radius 1 is 1.12 bits per heavy atom. The largest absolute Gasteiger partial charge is 0.478 e. The van der Waals surface area contributed by atoms with E-state index < -0.39 is 5.97 Å². The van der Waals surface area contributed by atoms with Crippen LogP contribution in [-0.2, 0) is 4.79 Å². The first kappa shape index (κ1) is 10.7. The maximum Gasteiger partial charge on any atom is 0.331 e. The fourth-order valence-electron chi connectivity index (χ4n) is 2.06. The Labute approximate surface area is 95.0 Å². The van der Waals surface area contributed by atoms with Crippen LogP contribution in [0.5, 0.6) is 0 Å². The molecule has 0 aliphatic heterocycles. The molecule has 0 aromatic rings. The molecule has 0 unspecified atom stereocenters. The van der Waals surface area contributed by atoms with Crippen LogP contribution in [0.15, 0.2) is 58.7 Å². The minimum atomic E-state index is -0.837. The molecule has 2 nitrogen and oxygen atoms in total. The molecule has 82 valence electrons. The van der Waals surface area contributed by atoms with Gasteiger partial charge in [-0.25, -0.2) is 4.79 Å². The number of hydrogen-bond donors (Lipinski definition) is 1. The zero-order chi connectivity index (χ0) is 11.5. The van der Waals surface area contributed by atoms with Crippen LogP contribution in [0.2, 0.25) is 0 Å². The third-order valence-electron chi connectivity index (χ3n) is 2.88. The van der Waals surface area contributed by atoms with E-state index in [0.29, 0.717) is 5.57 Å². The second-order valence-corrected chi connectivity index (χ2v) is 3.95. The smallest absolute Gasteiger partial charge is 0.331 e. The van der Waals surface area contributed by atoms with Crippen LogP contribution in [0.1, 0.15) is 19.8 Å². The van der Waals surface area contributed by atoms with Gasteiger partial charge in [-0.15, -0.1) is 0 Å². The van der Waals surface area contributed by atoms with Gasteiger partial charge in [-0.1, -0.05) is 36.5 Å². The molecule has 0 heterocycles. The van der Waals surface area contributed by atoms with Gasteiger partial charge in [0.25, 0.3) is 0 Å². The molecule has 16 heavy (non-hydrogen) atoms. The summed E-state index contributed by atoms with van der Waals surface area (Å²) >= 11 is 0. The molecular weight excluding hydrogens is 200 g/mol. The molecule has 2 heteroatoms. The molecule has 0 atom stereocenters. The maximum atomic E-state index is 11.1. The Morgan fingerprint density at radius 2 is 1.62 bits per heavy atom. The Balaban J connectivity index is 2.41. The number of rotatable bonds is 3. The third-order valence-corrected chi connectivity index (χ3v) is 2.88. The molecule has 0 saturated carbocycles. The standard InChI is InChI=1S/C14H14O2/c1-10(14(15)16)13(11-6-2-3-7-11)12-8-4-5-9-12/h2-6,8H,7,9H2,1H3,(H,15,16). The molecule has 0 aromatic carbocycles. The van der Waals surface area contributed by atoms with Gasteiger partial charge < -0.3 is 5.11 Å². The van der Waals surface area contributed by atoms with Gasteiger partial charge in [-0.05, 0) is 36.5 Å². The maximum absolute atomic E-state index is 11.1. The number of hydrogen-bond acceptors (Lipinski definition) is 1. The summed E-state index contributed by atoms with van der Waals surface area (Å²) in [5.74, 6) is -0.837. The van der Waals surface area contributed by atoms with Gasteiger partial charge in [-0.3, -0.25) is 0 Å². The van der Waals surface area contributed by atoms with E-state index in [2.05, 4.69) is 0 Å². The Hall–Kier alpha value is -1.83. The van der Waals surface area contributed by atoms with Crippen molar-refractivity contribution in [3.05, 3.63) is 58.7 Å². The lowest BCUT2D eigenvalue weighted by Crippen LogP contribution is -2.04. The van der Waals surface area contributed by atoms with Crippen molar-refractivity contribution in [3.8, 4) is 0 Å². The molecule has 2 rings (SSSR count). The Morgan fingerprint density at radius 3 is 1.94 bits per heavy atom. The van der Waals surface area contributed by atoms with Gasteiger partial charge in [-0.2, -0.15) is 0 Å². The van der Waals surface area contributed by atoms with E-state index in [4.69, 9.17) is 5.11 Å². The number of aliphatic carboxylic acids is 1. The Kier molecular flexibility index (Phi) is 2.91. The summed E-state index contributed by atoms with van der Waals surface area (Å²) in [4.78, 5) is 11.1. The number of carbonyl (C=O) groups is 1. The Bertz CT molecular complexity index is 439. The highest BCUT2D eigenvalue weighted by Gasteiger charge is 2.18. The van der Waals surface area contributed by atoms with Crippen LogP contribution in [0.25, 0.3) is 0 Å². The predicted molar refractivity (Wildman–Crippen MR) is 64.0 cm³/mol. The highest BCUT2D eigenvalue weighted by atomic mass is 16.4. The predicted octanol–water partition coefficient (Wildman–Crippen LogP) is 3.16. The molecule has 0 bridgehead atoms. The lowest BCUT2D eigenvalue weighted by Gasteiger charge is -2.12. The first-order valence-electron chi connectivity index (χ1n) is 5.36. The molecule has 0 aromatic heterocycles. The minimum absolute atomic E-state index is 0.435. The van der Waals surface area contributed by atoms with Crippen LogP contribution in [0.4, 0.5) is 0 Å². The van der Waals surface area contributed by atoms with Crippen molar-refractivity contribution < 1.29 is 9.90 Å². The first-order valence-corrected chi connectivity index (χ1v) is 5.36. The lowest BCUT2D eigenvalue weighted by atomic mass is 9.92. The molecule has 2 aliphatic carbocycles. The number of allylic oxidation sites excluding steroid dienone is 9. The summed E-state index contributed by atoms with van der Waals surface area (Å²) in [6, 6.07) is 0. The molecule has 0 radical (unpaired) electrons.